The maximum absolute atomic E-state index is 12.8. The SMILES string of the molecule is CC[C@H](C)[C@H](NC(=O)c1ccccc1)C(=O)Nc1ccc(C)c(C)c1. The van der Waals surface area contributed by atoms with Crippen molar-refractivity contribution in [2.45, 2.75) is 40.2 Å². The van der Waals surface area contributed by atoms with E-state index in [0.717, 1.165) is 17.7 Å². The Hall–Kier alpha value is -2.62. The Kier molecular flexibility index (Phi) is 6.34. The van der Waals surface area contributed by atoms with Crippen molar-refractivity contribution in [1.82, 2.24) is 5.32 Å². The highest BCUT2D eigenvalue weighted by Crippen LogP contribution is 2.16. The van der Waals surface area contributed by atoms with E-state index in [1.54, 1.807) is 12.1 Å². The first kappa shape index (κ1) is 18.7. The lowest BCUT2D eigenvalue weighted by Gasteiger charge is -2.23. The Balaban J connectivity index is 2.14. The van der Waals surface area contributed by atoms with Gasteiger partial charge in [0.15, 0.2) is 0 Å². The predicted molar refractivity (Wildman–Crippen MR) is 102 cm³/mol. The molecule has 25 heavy (non-hydrogen) atoms. The summed E-state index contributed by atoms with van der Waals surface area (Å²) in [6, 6.07) is 14.2. The van der Waals surface area contributed by atoms with E-state index < -0.39 is 6.04 Å². The number of anilines is 1. The first-order chi connectivity index (χ1) is 11.9. The van der Waals surface area contributed by atoms with E-state index in [-0.39, 0.29) is 17.7 Å². The Morgan fingerprint density at radius 3 is 2.28 bits per heavy atom. The van der Waals surface area contributed by atoms with E-state index in [0.29, 0.717) is 5.56 Å². The normalized spacial score (nSPS) is 13.0. The van der Waals surface area contributed by atoms with Gasteiger partial charge in [0.05, 0.1) is 0 Å². The lowest BCUT2D eigenvalue weighted by atomic mass is 9.97. The Bertz CT molecular complexity index is 741. The minimum absolute atomic E-state index is 0.0270. The van der Waals surface area contributed by atoms with E-state index in [9.17, 15) is 9.59 Å². The van der Waals surface area contributed by atoms with Crippen LogP contribution >= 0.6 is 0 Å². The molecule has 0 aromatic heterocycles. The number of hydrogen-bond donors (Lipinski definition) is 2. The Morgan fingerprint density at radius 2 is 1.68 bits per heavy atom. The van der Waals surface area contributed by atoms with Gasteiger partial charge in [0.2, 0.25) is 5.91 Å². The molecule has 0 heterocycles. The van der Waals surface area contributed by atoms with Crippen LogP contribution in [0.4, 0.5) is 5.69 Å². The molecule has 132 valence electrons. The van der Waals surface area contributed by atoms with Crippen molar-refractivity contribution in [1.29, 1.82) is 0 Å². The predicted octanol–water partition coefficient (Wildman–Crippen LogP) is 4.09. The van der Waals surface area contributed by atoms with Crippen molar-refractivity contribution in [2.24, 2.45) is 5.92 Å². The summed E-state index contributed by atoms with van der Waals surface area (Å²) in [5, 5.41) is 5.81. The molecule has 4 nitrogen and oxygen atoms in total. The quantitative estimate of drug-likeness (QED) is 0.833. The molecule has 2 amide bonds. The molecule has 0 fully saturated rings. The van der Waals surface area contributed by atoms with E-state index in [1.165, 1.54) is 5.56 Å². The van der Waals surface area contributed by atoms with E-state index in [1.807, 2.05) is 64.1 Å². The molecular weight excluding hydrogens is 312 g/mol. The highest BCUT2D eigenvalue weighted by atomic mass is 16.2. The molecule has 0 aliphatic rings. The number of carbonyl (C=O) groups excluding carboxylic acids is 2. The van der Waals surface area contributed by atoms with Crippen LogP contribution in [-0.2, 0) is 4.79 Å². The van der Waals surface area contributed by atoms with Crippen molar-refractivity contribution < 1.29 is 9.59 Å². The fourth-order valence-electron chi connectivity index (χ4n) is 2.56. The molecule has 2 aromatic rings. The summed E-state index contributed by atoms with van der Waals surface area (Å²) in [6.07, 6.45) is 0.792. The van der Waals surface area contributed by atoms with Crippen molar-refractivity contribution in [2.75, 3.05) is 5.32 Å². The van der Waals surface area contributed by atoms with Gasteiger partial charge >= 0.3 is 0 Å². The third kappa shape index (κ3) is 4.92. The van der Waals surface area contributed by atoms with Gasteiger partial charge in [-0.05, 0) is 55.2 Å². The molecule has 2 rings (SSSR count). The summed E-state index contributed by atoms with van der Waals surface area (Å²) in [5.74, 6) is -0.401. The zero-order valence-electron chi connectivity index (χ0n) is 15.3. The molecule has 0 bridgehead atoms. The molecule has 2 atom stereocenters. The van der Waals surface area contributed by atoms with E-state index in [4.69, 9.17) is 0 Å². The number of carbonyl (C=O) groups is 2. The highest BCUT2D eigenvalue weighted by Gasteiger charge is 2.26. The fourth-order valence-corrected chi connectivity index (χ4v) is 2.56. The Labute approximate surface area is 149 Å². The van der Waals surface area contributed by atoms with Gasteiger partial charge in [-0.3, -0.25) is 9.59 Å². The van der Waals surface area contributed by atoms with Crippen LogP contribution in [0.25, 0.3) is 0 Å². The van der Waals surface area contributed by atoms with Gasteiger partial charge in [0, 0.05) is 11.3 Å². The average molecular weight is 338 g/mol. The van der Waals surface area contributed by atoms with Gasteiger partial charge < -0.3 is 10.6 Å². The smallest absolute Gasteiger partial charge is 0.251 e. The molecule has 0 aliphatic carbocycles. The zero-order valence-corrected chi connectivity index (χ0v) is 15.3. The minimum Gasteiger partial charge on any atom is -0.340 e. The molecule has 4 heteroatoms. The maximum Gasteiger partial charge on any atom is 0.251 e. The average Bonchev–Trinajstić information content (AvgIpc) is 2.62. The fraction of sp³-hybridized carbons (Fsp3) is 0.333. The Morgan fingerprint density at radius 1 is 1.00 bits per heavy atom. The lowest BCUT2D eigenvalue weighted by molar-refractivity contribution is -0.119. The molecule has 0 saturated heterocycles. The number of amides is 2. The zero-order chi connectivity index (χ0) is 18.4. The van der Waals surface area contributed by atoms with Gasteiger partial charge in [-0.15, -0.1) is 0 Å². The summed E-state index contributed by atoms with van der Waals surface area (Å²) < 4.78 is 0. The lowest BCUT2D eigenvalue weighted by Crippen LogP contribution is -2.47. The third-order valence-electron chi connectivity index (χ3n) is 4.59. The monoisotopic (exact) mass is 338 g/mol. The molecule has 0 saturated carbocycles. The molecule has 0 unspecified atom stereocenters. The van der Waals surface area contributed by atoms with Crippen LogP contribution in [0, 0.1) is 19.8 Å². The van der Waals surface area contributed by atoms with Crippen molar-refractivity contribution in [3.63, 3.8) is 0 Å². The van der Waals surface area contributed by atoms with Crippen molar-refractivity contribution in [3.8, 4) is 0 Å². The van der Waals surface area contributed by atoms with Crippen LogP contribution in [0.3, 0.4) is 0 Å². The van der Waals surface area contributed by atoms with Crippen molar-refractivity contribution in [3.05, 3.63) is 65.2 Å². The van der Waals surface area contributed by atoms with Crippen LogP contribution in [0.2, 0.25) is 0 Å². The topological polar surface area (TPSA) is 58.2 Å². The van der Waals surface area contributed by atoms with Gasteiger partial charge in [0.25, 0.3) is 5.91 Å². The van der Waals surface area contributed by atoms with Gasteiger partial charge in [0.1, 0.15) is 6.04 Å². The van der Waals surface area contributed by atoms with Gasteiger partial charge in [-0.1, -0.05) is 44.5 Å². The van der Waals surface area contributed by atoms with E-state index in [2.05, 4.69) is 10.6 Å². The second-order valence-electron chi connectivity index (χ2n) is 6.49. The number of aryl methyl sites for hydroxylation is 2. The number of nitrogens with one attached hydrogen (secondary N) is 2. The van der Waals surface area contributed by atoms with Crippen LogP contribution in [0.15, 0.2) is 48.5 Å². The number of benzene rings is 2. The standard InChI is InChI=1S/C21H26N2O2/c1-5-14(2)19(23-20(24)17-9-7-6-8-10-17)21(25)22-18-12-11-15(3)16(4)13-18/h6-14,19H,5H2,1-4H3,(H,22,25)(H,23,24)/t14-,19-/m0/s1. The molecular formula is C21H26N2O2. The third-order valence-corrected chi connectivity index (χ3v) is 4.59. The van der Waals surface area contributed by atoms with Crippen molar-refractivity contribution >= 4 is 17.5 Å². The van der Waals surface area contributed by atoms with Gasteiger partial charge in [-0.2, -0.15) is 0 Å². The summed E-state index contributed by atoms with van der Waals surface area (Å²) in [4.78, 5) is 25.2. The largest absolute Gasteiger partial charge is 0.340 e. The first-order valence-electron chi connectivity index (χ1n) is 8.66. The second kappa shape index (κ2) is 8.47. The highest BCUT2D eigenvalue weighted by molar-refractivity contribution is 6.01. The second-order valence-corrected chi connectivity index (χ2v) is 6.49. The summed E-state index contributed by atoms with van der Waals surface area (Å²) in [5.41, 5.74) is 3.59. The summed E-state index contributed by atoms with van der Waals surface area (Å²) in [6.45, 7) is 8.02. The maximum atomic E-state index is 12.8. The van der Waals surface area contributed by atoms with Crippen LogP contribution in [0.5, 0.6) is 0 Å². The molecule has 0 radical (unpaired) electrons. The van der Waals surface area contributed by atoms with Crippen LogP contribution in [0.1, 0.15) is 41.8 Å². The molecule has 0 spiro atoms. The van der Waals surface area contributed by atoms with Crippen LogP contribution < -0.4 is 10.6 Å². The first-order valence-corrected chi connectivity index (χ1v) is 8.66. The number of hydrogen-bond acceptors (Lipinski definition) is 2. The molecule has 2 aromatic carbocycles. The van der Waals surface area contributed by atoms with Crippen LogP contribution in [-0.4, -0.2) is 17.9 Å². The summed E-state index contributed by atoms with van der Waals surface area (Å²) in [7, 11) is 0. The molecule has 0 aliphatic heterocycles. The molecule has 2 N–H and O–H groups in total. The number of rotatable bonds is 6. The van der Waals surface area contributed by atoms with Gasteiger partial charge in [-0.25, -0.2) is 0 Å². The summed E-state index contributed by atoms with van der Waals surface area (Å²) >= 11 is 0. The minimum atomic E-state index is -0.584. The van der Waals surface area contributed by atoms with E-state index >= 15 is 0 Å².